The van der Waals surface area contributed by atoms with Crippen LogP contribution in [-0.4, -0.2) is 169 Å². The summed E-state index contributed by atoms with van der Waals surface area (Å²) in [5, 5.41) is 117. The molecule has 15 bridgehead atoms. The predicted molar refractivity (Wildman–Crippen MR) is 366 cm³/mol. The lowest BCUT2D eigenvalue weighted by atomic mass is 9.54. The number of amides is 9. The van der Waals surface area contributed by atoms with Gasteiger partial charge in [0.25, 0.3) is 0 Å². The van der Waals surface area contributed by atoms with Crippen LogP contribution in [0.1, 0.15) is 124 Å². The van der Waals surface area contributed by atoms with Crippen LogP contribution in [0.2, 0.25) is 10.0 Å². The molecule has 104 heavy (non-hydrogen) atoms. The first-order valence-corrected chi connectivity index (χ1v) is 34.7. The third-order valence-electron chi connectivity index (χ3n) is 20.3. The summed E-state index contributed by atoms with van der Waals surface area (Å²) < 4.78 is 25.6. The Morgan fingerprint density at radius 3 is 1.83 bits per heavy atom. The molecule has 15 rings (SSSR count). The van der Waals surface area contributed by atoms with Crippen LogP contribution in [0.15, 0.2) is 78.9 Å². The van der Waals surface area contributed by atoms with Crippen molar-refractivity contribution in [2.45, 2.75) is 157 Å². The van der Waals surface area contributed by atoms with Gasteiger partial charge in [0.1, 0.15) is 102 Å². The number of phenols is 3. The van der Waals surface area contributed by atoms with Gasteiger partial charge >= 0.3 is 0 Å². The number of likely N-dealkylation sites (N-methyl/N-ethyl adjacent to an activating group) is 1. The maximum atomic E-state index is 16.1. The van der Waals surface area contributed by atoms with Crippen LogP contribution in [0, 0.1) is 29.6 Å². The molecule has 554 valence electrons. The topological polar surface area (TPSA) is 487 Å². The van der Waals surface area contributed by atoms with Crippen molar-refractivity contribution in [1.29, 1.82) is 0 Å². The van der Waals surface area contributed by atoms with E-state index in [1.807, 2.05) is 13.8 Å². The minimum Gasteiger partial charge on any atom is -0.508 e. The number of halogens is 2. The van der Waals surface area contributed by atoms with Crippen molar-refractivity contribution in [3.63, 3.8) is 0 Å². The number of carbonyl (C=O) groups excluding carboxylic acids is 9. The normalized spacial score (nSPS) is 29.6. The number of rotatable bonds is 13. The van der Waals surface area contributed by atoms with E-state index in [0.29, 0.717) is 11.8 Å². The summed E-state index contributed by atoms with van der Waals surface area (Å²) in [5.74, 6) is -13.5. The van der Waals surface area contributed by atoms with E-state index in [-0.39, 0.29) is 85.1 Å². The largest absolute Gasteiger partial charge is 0.508 e. The second-order valence-electron chi connectivity index (χ2n) is 28.1. The molecule has 0 unspecified atom stereocenters. The molecule has 5 aromatic rings. The Morgan fingerprint density at radius 2 is 1.23 bits per heavy atom. The first kappa shape index (κ1) is 74.2. The Hall–Kier alpha value is -9.57. The summed E-state index contributed by atoms with van der Waals surface area (Å²) in [5.41, 5.74) is 3.75. The van der Waals surface area contributed by atoms with E-state index in [1.165, 1.54) is 31.3 Å². The van der Waals surface area contributed by atoms with Crippen LogP contribution in [-0.2, 0) is 47.9 Å². The van der Waals surface area contributed by atoms with Crippen LogP contribution < -0.4 is 67.8 Å². The third kappa shape index (κ3) is 15.3. The molecule has 0 aromatic heterocycles. The van der Waals surface area contributed by atoms with Crippen molar-refractivity contribution < 1.29 is 103 Å². The SMILES string of the molecule is CN[C@H](CC(C)C)C(=O)N[C@H]1C(=O)N[C@@H](CC(N)=O)C(=O)N[C@H]2C(=O)N[C@H]3C(=O)N[C@H](C(=O)N[C@H](C(=O)NC4C5CC6CC(C5)CC4C6)c4cc(O)cc(O)c4-c4cc3ccc4O)[C@H](O)c3ccc(c(Cl)c3)Oc3cc2cc(c3O[C@H]2O[C@@H](CNC(C)=O)[C@H](O)[C@@H](O)[C@@H]2O)Oc2ccc(cc2Cl)[C@H]1O. The van der Waals surface area contributed by atoms with Crippen LogP contribution in [0.5, 0.6) is 46.0 Å². The first-order chi connectivity index (χ1) is 49.4. The van der Waals surface area contributed by atoms with Crippen molar-refractivity contribution in [2.75, 3.05) is 13.6 Å². The first-order valence-electron chi connectivity index (χ1n) is 34.0. The highest BCUT2D eigenvalue weighted by Gasteiger charge is 2.51. The fraction of sp³-hybridized carbons (Fsp3) is 0.451. The molecule has 0 spiro atoms. The monoisotopic (exact) mass is 1480 g/mol. The van der Waals surface area contributed by atoms with Crippen molar-refractivity contribution >= 4 is 76.4 Å². The van der Waals surface area contributed by atoms with Crippen LogP contribution in [0.25, 0.3) is 11.1 Å². The van der Waals surface area contributed by atoms with Crippen molar-refractivity contribution in [3.8, 4) is 57.1 Å². The summed E-state index contributed by atoms with van der Waals surface area (Å²) in [6.07, 6.45) is -10.1. The van der Waals surface area contributed by atoms with Gasteiger partial charge in [0.2, 0.25) is 65.2 Å². The molecule has 19 N–H and O–H groups in total. The van der Waals surface area contributed by atoms with Crippen LogP contribution in [0.3, 0.4) is 0 Å². The summed E-state index contributed by atoms with van der Waals surface area (Å²) in [7, 11) is 1.49. The molecule has 5 aromatic carbocycles. The molecule has 33 heteroatoms. The Morgan fingerprint density at radius 1 is 0.635 bits per heavy atom. The molecular formula is C71H80Cl2N10O21. The number of hydrogen-bond donors (Lipinski definition) is 18. The molecule has 14 atom stereocenters. The number of benzene rings is 5. The standard InChI is InChI=1S/C71H80Cl2N10O21/c1-26(2)11-41(75-4)64(94)82-56-58(89)31-6-9-45(39(72)18-31)101-47-20-35-21-48(63(47)104-71-62(93)61(92)60(91)49(103-71)25-76-27(3)84)102-46-10-7-32(19-40(46)73)59(90)57-70(100)81-55(68(98)78-52-33-13-28-12-29(15-33)16-34(52)14-28)38-22-36(85)23-44(87)51(38)37-17-30(5-8-43(37)86)53(66(96)83-57)80-67(97)54(35)79-65(95)42(24-50(74)88)77-69(56)99/h5-10,17-23,26,28-29,33-34,41-42,49,52-62,71,75,85-87,89-93H,11-16,24-25H2,1-4H3,(H2,74,88)(H,76,84)(H,77,99)(H,78,98)(H,79,95)(H,80,97)(H,81,100)(H,82,94)(H,83,96)/t28?,29?,33?,34?,41-,42+,49+,52?,53-,54-,55+,56-,57+,58-,59-,60+,61-,62+,71-/m1/s1. The zero-order valence-corrected chi connectivity index (χ0v) is 57.9. The lowest BCUT2D eigenvalue weighted by molar-refractivity contribution is -0.271. The lowest BCUT2D eigenvalue weighted by Gasteiger charge is -2.54. The molecule has 4 aliphatic carbocycles. The zero-order valence-electron chi connectivity index (χ0n) is 56.4. The molecule has 0 radical (unpaired) electrons. The van der Waals surface area contributed by atoms with E-state index in [4.69, 9.17) is 47.9 Å². The second-order valence-corrected chi connectivity index (χ2v) is 28.9. The third-order valence-corrected chi connectivity index (χ3v) is 20.9. The van der Waals surface area contributed by atoms with Gasteiger partial charge in [-0.25, -0.2) is 0 Å². The van der Waals surface area contributed by atoms with E-state index < -0.39 is 191 Å². The zero-order chi connectivity index (χ0) is 74.6. The summed E-state index contributed by atoms with van der Waals surface area (Å²) in [6, 6.07) is 0.607. The summed E-state index contributed by atoms with van der Waals surface area (Å²) in [6.45, 7) is 4.37. The number of ether oxygens (including phenoxy) is 4. The molecule has 1 saturated heterocycles. The number of nitrogens with two attached hydrogens (primary N) is 1. The van der Waals surface area contributed by atoms with E-state index in [0.717, 1.165) is 93.6 Å². The van der Waals surface area contributed by atoms with Gasteiger partial charge in [0.05, 0.1) is 22.5 Å². The number of nitrogens with one attached hydrogen (secondary N) is 9. The Labute approximate surface area is 604 Å². The number of primary amides is 1. The van der Waals surface area contributed by atoms with Crippen LogP contribution >= 0.6 is 23.2 Å². The number of phenolic OH excluding ortho intramolecular Hbond substituents is 3. The Balaban J connectivity index is 1.06. The molecular weight excluding hydrogens is 1400 g/mol. The maximum Gasteiger partial charge on any atom is 0.248 e. The summed E-state index contributed by atoms with van der Waals surface area (Å²) >= 11 is 14.1. The minimum absolute atomic E-state index is 0.0822. The molecule has 4 saturated carbocycles. The minimum atomic E-state index is -2.30. The molecule has 9 amide bonds. The van der Waals surface area contributed by atoms with Gasteiger partial charge in [-0.3, -0.25) is 43.2 Å². The van der Waals surface area contributed by atoms with Gasteiger partial charge in [0, 0.05) is 36.7 Å². The molecule has 10 aliphatic rings. The van der Waals surface area contributed by atoms with E-state index in [1.54, 1.807) is 0 Å². The highest BCUT2D eigenvalue weighted by molar-refractivity contribution is 6.32. The fourth-order valence-electron chi connectivity index (χ4n) is 15.4. The number of fused-ring (bicyclic) bond motifs is 15. The number of aliphatic hydroxyl groups is 5. The average molecular weight is 1480 g/mol. The smallest absolute Gasteiger partial charge is 0.248 e. The van der Waals surface area contributed by atoms with Gasteiger partial charge in [-0.2, -0.15) is 0 Å². The number of hydrogen-bond acceptors (Lipinski definition) is 22. The second kappa shape index (κ2) is 30.3. The van der Waals surface area contributed by atoms with Gasteiger partial charge in [-0.05, 0) is 158 Å². The van der Waals surface area contributed by atoms with Gasteiger partial charge in [-0.1, -0.05) is 55.2 Å². The highest BCUT2D eigenvalue weighted by atomic mass is 35.5. The highest BCUT2D eigenvalue weighted by Crippen LogP contribution is 2.55. The van der Waals surface area contributed by atoms with Gasteiger partial charge < -0.3 is 113 Å². The van der Waals surface area contributed by atoms with Crippen molar-refractivity contribution in [1.82, 2.24) is 47.9 Å². The van der Waals surface area contributed by atoms with Gasteiger partial charge in [-0.15, -0.1) is 0 Å². The maximum absolute atomic E-state index is 16.1. The average Bonchev–Trinajstić information content (AvgIpc) is 0.760. The van der Waals surface area contributed by atoms with Crippen molar-refractivity contribution in [2.24, 2.45) is 35.3 Å². The molecule has 6 heterocycles. The number of carbonyl (C=O) groups is 9. The van der Waals surface area contributed by atoms with Gasteiger partial charge in [0.15, 0.2) is 11.5 Å². The molecule has 6 aliphatic heterocycles. The van der Waals surface area contributed by atoms with E-state index in [9.17, 15) is 60.0 Å². The summed E-state index contributed by atoms with van der Waals surface area (Å²) in [4.78, 5) is 132. The Kier molecular flexibility index (Phi) is 21.6. The Bertz CT molecular complexity index is 4230. The fourth-order valence-corrected chi connectivity index (χ4v) is 15.9. The predicted octanol–water partition coefficient (Wildman–Crippen LogP) is 1.87. The van der Waals surface area contributed by atoms with Crippen LogP contribution in [0.4, 0.5) is 0 Å². The van der Waals surface area contributed by atoms with Crippen molar-refractivity contribution in [3.05, 3.63) is 117 Å². The molecule has 31 nitrogen and oxygen atoms in total. The lowest BCUT2D eigenvalue weighted by Crippen LogP contribution is -2.61. The number of aliphatic hydroxyl groups excluding tert-OH is 5. The quantitative estimate of drug-likeness (QED) is 0.0800. The number of aromatic hydroxyl groups is 3. The van der Waals surface area contributed by atoms with E-state index in [2.05, 4.69) is 47.9 Å². The molecule has 5 fully saturated rings. The van der Waals surface area contributed by atoms with E-state index >= 15 is 24.0 Å².